The fraction of sp³-hybridized carbons (Fsp3) is 0.667. The molecular formula is C9H15N3O4. The highest BCUT2D eigenvalue weighted by Crippen LogP contribution is 2.10. The first kappa shape index (κ1) is 12.6. The summed E-state index contributed by atoms with van der Waals surface area (Å²) >= 11 is 0. The van der Waals surface area contributed by atoms with E-state index < -0.39 is 11.0 Å². The van der Waals surface area contributed by atoms with Crippen LogP contribution in [0.2, 0.25) is 0 Å². The van der Waals surface area contributed by atoms with E-state index in [4.69, 9.17) is 5.11 Å². The molecule has 0 aromatic carbocycles. The van der Waals surface area contributed by atoms with Crippen LogP contribution in [0.25, 0.3) is 0 Å². The summed E-state index contributed by atoms with van der Waals surface area (Å²) in [5.41, 5.74) is 0. The minimum atomic E-state index is -0.619. The zero-order valence-corrected chi connectivity index (χ0v) is 8.98. The Bertz CT molecular complexity index is 352. The second kappa shape index (κ2) is 5.57. The van der Waals surface area contributed by atoms with E-state index in [2.05, 4.69) is 4.98 Å². The molecule has 0 radical (unpaired) electrons. The van der Waals surface area contributed by atoms with Crippen molar-refractivity contribution in [2.45, 2.75) is 26.0 Å². The Balaban J connectivity index is 2.45. The molecule has 90 valence electrons. The van der Waals surface area contributed by atoms with Crippen LogP contribution in [-0.4, -0.2) is 37.4 Å². The standard InChI is InChI=1S/C9H15N3O4/c1-7(5-13)8(14)2-3-11-4-9(10-6-11)12(15)16/h4,6-8,13-14H,2-3,5H2,1H3. The van der Waals surface area contributed by atoms with Crippen molar-refractivity contribution in [3.63, 3.8) is 0 Å². The monoisotopic (exact) mass is 229 g/mol. The number of aliphatic hydroxyl groups is 2. The van der Waals surface area contributed by atoms with Crippen molar-refractivity contribution in [2.24, 2.45) is 5.92 Å². The van der Waals surface area contributed by atoms with Crippen LogP contribution in [-0.2, 0) is 6.54 Å². The van der Waals surface area contributed by atoms with Crippen molar-refractivity contribution < 1.29 is 15.1 Å². The first-order valence-corrected chi connectivity index (χ1v) is 4.99. The molecule has 0 aliphatic heterocycles. The van der Waals surface area contributed by atoms with E-state index in [1.807, 2.05) is 0 Å². The minimum absolute atomic E-state index is 0.0781. The summed E-state index contributed by atoms with van der Waals surface area (Å²) in [6, 6.07) is 0. The molecule has 0 saturated carbocycles. The van der Waals surface area contributed by atoms with Gasteiger partial charge in [0.1, 0.15) is 6.20 Å². The predicted molar refractivity (Wildman–Crippen MR) is 55.8 cm³/mol. The van der Waals surface area contributed by atoms with E-state index in [0.717, 1.165) is 0 Å². The molecule has 0 aliphatic rings. The number of aryl methyl sites for hydroxylation is 1. The molecule has 7 nitrogen and oxygen atoms in total. The summed E-state index contributed by atoms with van der Waals surface area (Å²) in [5.74, 6) is -0.400. The van der Waals surface area contributed by atoms with Gasteiger partial charge in [0.15, 0.2) is 0 Å². The Kier molecular flexibility index (Phi) is 4.39. The van der Waals surface area contributed by atoms with Crippen molar-refractivity contribution in [3.8, 4) is 0 Å². The lowest BCUT2D eigenvalue weighted by atomic mass is 10.0. The number of hydrogen-bond donors (Lipinski definition) is 2. The molecule has 7 heteroatoms. The molecule has 2 atom stereocenters. The molecule has 0 fully saturated rings. The highest BCUT2D eigenvalue weighted by molar-refractivity contribution is 5.12. The maximum absolute atomic E-state index is 10.4. The largest absolute Gasteiger partial charge is 0.396 e. The second-order valence-corrected chi connectivity index (χ2v) is 3.74. The van der Waals surface area contributed by atoms with Crippen molar-refractivity contribution in [2.75, 3.05) is 6.61 Å². The van der Waals surface area contributed by atoms with Gasteiger partial charge in [-0.3, -0.25) is 0 Å². The zero-order valence-electron chi connectivity index (χ0n) is 8.98. The normalized spacial score (nSPS) is 14.7. The van der Waals surface area contributed by atoms with E-state index >= 15 is 0 Å². The van der Waals surface area contributed by atoms with E-state index in [9.17, 15) is 15.2 Å². The number of aliphatic hydroxyl groups excluding tert-OH is 2. The average Bonchev–Trinajstić information content (AvgIpc) is 2.73. The van der Waals surface area contributed by atoms with E-state index in [-0.39, 0.29) is 18.3 Å². The zero-order chi connectivity index (χ0) is 12.1. The third-order valence-corrected chi connectivity index (χ3v) is 2.43. The van der Waals surface area contributed by atoms with Crippen molar-refractivity contribution in [1.82, 2.24) is 9.55 Å². The summed E-state index contributed by atoms with van der Waals surface area (Å²) < 4.78 is 1.55. The summed E-state index contributed by atoms with van der Waals surface area (Å²) in [6.07, 6.45) is 2.48. The third-order valence-electron chi connectivity index (χ3n) is 2.43. The number of aromatic nitrogens is 2. The van der Waals surface area contributed by atoms with E-state index in [0.29, 0.717) is 13.0 Å². The van der Waals surface area contributed by atoms with Gasteiger partial charge in [0.2, 0.25) is 6.33 Å². The topological polar surface area (TPSA) is 101 Å². The van der Waals surface area contributed by atoms with Crippen LogP contribution in [0.3, 0.4) is 0 Å². The molecule has 0 amide bonds. The van der Waals surface area contributed by atoms with Gasteiger partial charge in [-0.25, -0.2) is 0 Å². The van der Waals surface area contributed by atoms with Gasteiger partial charge in [0.25, 0.3) is 0 Å². The number of hydrogen-bond acceptors (Lipinski definition) is 5. The lowest BCUT2D eigenvalue weighted by Gasteiger charge is -2.15. The summed E-state index contributed by atoms with van der Waals surface area (Å²) in [4.78, 5) is 13.4. The maximum Gasteiger partial charge on any atom is 0.381 e. The van der Waals surface area contributed by atoms with Crippen LogP contribution in [0.1, 0.15) is 13.3 Å². The highest BCUT2D eigenvalue weighted by Gasteiger charge is 2.14. The first-order valence-electron chi connectivity index (χ1n) is 4.99. The number of imidazole rings is 1. The van der Waals surface area contributed by atoms with Crippen LogP contribution >= 0.6 is 0 Å². The second-order valence-electron chi connectivity index (χ2n) is 3.74. The number of nitrogens with zero attached hydrogens (tertiary/aromatic N) is 3. The first-order chi connectivity index (χ1) is 7.54. The van der Waals surface area contributed by atoms with E-state index in [1.165, 1.54) is 12.5 Å². The smallest absolute Gasteiger partial charge is 0.381 e. The molecule has 2 unspecified atom stereocenters. The van der Waals surface area contributed by atoms with Crippen LogP contribution in [0, 0.1) is 16.0 Å². The SMILES string of the molecule is CC(CO)C(O)CCn1cnc([N+](=O)[O-])c1. The molecule has 0 aliphatic carbocycles. The molecular weight excluding hydrogens is 214 g/mol. The molecule has 2 N–H and O–H groups in total. The fourth-order valence-electron chi connectivity index (χ4n) is 1.25. The lowest BCUT2D eigenvalue weighted by Crippen LogP contribution is -2.22. The van der Waals surface area contributed by atoms with Gasteiger partial charge in [-0.2, -0.15) is 0 Å². The fourth-order valence-corrected chi connectivity index (χ4v) is 1.25. The molecule has 1 heterocycles. The van der Waals surface area contributed by atoms with Crippen molar-refractivity contribution in [3.05, 3.63) is 22.6 Å². The van der Waals surface area contributed by atoms with Gasteiger partial charge in [-0.05, 0) is 16.3 Å². The molecule has 0 saturated heterocycles. The van der Waals surface area contributed by atoms with Gasteiger partial charge >= 0.3 is 5.82 Å². The molecule has 1 aromatic rings. The van der Waals surface area contributed by atoms with Crippen molar-refractivity contribution in [1.29, 1.82) is 0 Å². The van der Waals surface area contributed by atoms with Gasteiger partial charge in [0, 0.05) is 19.1 Å². The van der Waals surface area contributed by atoms with E-state index in [1.54, 1.807) is 11.5 Å². The summed E-state index contributed by atoms with van der Waals surface area (Å²) in [7, 11) is 0. The van der Waals surface area contributed by atoms with Crippen LogP contribution in [0.5, 0.6) is 0 Å². The number of rotatable bonds is 6. The summed E-state index contributed by atoms with van der Waals surface area (Å²) in [6.45, 7) is 2.10. The Hall–Kier alpha value is -1.47. The summed E-state index contributed by atoms with van der Waals surface area (Å²) in [5, 5.41) is 28.7. The minimum Gasteiger partial charge on any atom is -0.396 e. The Morgan fingerprint density at radius 1 is 1.69 bits per heavy atom. The van der Waals surface area contributed by atoms with Crippen LogP contribution in [0.15, 0.2) is 12.5 Å². The van der Waals surface area contributed by atoms with Gasteiger partial charge in [0.05, 0.1) is 6.10 Å². The van der Waals surface area contributed by atoms with Gasteiger partial charge in [-0.1, -0.05) is 6.92 Å². The highest BCUT2D eigenvalue weighted by atomic mass is 16.6. The quantitative estimate of drug-likeness (QED) is 0.535. The predicted octanol–water partition coefficient (Wildman–Crippen LogP) is 0.171. The number of nitro groups is 1. The molecule has 1 aromatic heterocycles. The Morgan fingerprint density at radius 2 is 2.38 bits per heavy atom. The Morgan fingerprint density at radius 3 is 2.88 bits per heavy atom. The van der Waals surface area contributed by atoms with Crippen molar-refractivity contribution >= 4 is 5.82 Å². The molecule has 16 heavy (non-hydrogen) atoms. The Labute approximate surface area is 92.5 Å². The third kappa shape index (κ3) is 3.28. The average molecular weight is 229 g/mol. The molecule has 0 bridgehead atoms. The molecule has 0 spiro atoms. The molecule has 1 rings (SSSR count). The van der Waals surface area contributed by atoms with Crippen LogP contribution < -0.4 is 0 Å². The van der Waals surface area contributed by atoms with Gasteiger partial charge in [-0.15, -0.1) is 0 Å². The van der Waals surface area contributed by atoms with Crippen LogP contribution in [0.4, 0.5) is 5.82 Å². The lowest BCUT2D eigenvalue weighted by molar-refractivity contribution is -0.389. The maximum atomic E-state index is 10.4. The van der Waals surface area contributed by atoms with Gasteiger partial charge < -0.3 is 24.9 Å².